The van der Waals surface area contributed by atoms with E-state index in [0.717, 1.165) is 6.54 Å². The molecule has 0 amide bonds. The van der Waals surface area contributed by atoms with Crippen LogP contribution < -0.4 is 5.73 Å². The Morgan fingerprint density at radius 3 is 2.64 bits per heavy atom. The van der Waals surface area contributed by atoms with E-state index in [2.05, 4.69) is 0 Å². The zero-order valence-corrected chi connectivity index (χ0v) is 6.69. The topological polar surface area (TPSA) is 29.3 Å². The van der Waals surface area contributed by atoms with Gasteiger partial charge in [0.2, 0.25) is 0 Å². The number of alkyl halides is 2. The molecule has 1 saturated heterocycles. The zero-order chi connectivity index (χ0) is 8.48. The Balaban J connectivity index is 2.48. The van der Waals surface area contributed by atoms with Gasteiger partial charge in [-0.2, -0.15) is 0 Å². The maximum Gasteiger partial charge on any atom is 0.264 e. The van der Waals surface area contributed by atoms with Crippen molar-refractivity contribution < 1.29 is 8.78 Å². The molecule has 0 saturated carbocycles. The molecule has 0 aromatic carbocycles. The second-order valence-corrected chi connectivity index (χ2v) is 3.21. The first-order valence-corrected chi connectivity index (χ1v) is 3.82. The van der Waals surface area contributed by atoms with E-state index >= 15 is 0 Å². The first-order chi connectivity index (χ1) is 5.06. The van der Waals surface area contributed by atoms with Crippen LogP contribution in [0.1, 0.15) is 6.42 Å². The van der Waals surface area contributed by atoms with Gasteiger partial charge in [-0.1, -0.05) is 0 Å². The van der Waals surface area contributed by atoms with Crippen LogP contribution in [0.15, 0.2) is 0 Å². The molecule has 0 bridgehead atoms. The van der Waals surface area contributed by atoms with Crippen LogP contribution in [0.3, 0.4) is 0 Å². The van der Waals surface area contributed by atoms with E-state index in [0.29, 0.717) is 13.0 Å². The molecule has 1 aliphatic heterocycles. The molecular formula is C7H14F2N2. The Kier molecular flexibility index (Phi) is 2.44. The third kappa shape index (κ3) is 1.87. The van der Waals surface area contributed by atoms with Crippen LogP contribution in [0.25, 0.3) is 0 Å². The molecule has 11 heavy (non-hydrogen) atoms. The number of rotatable bonds is 2. The van der Waals surface area contributed by atoms with Gasteiger partial charge in [0.1, 0.15) is 0 Å². The molecule has 1 rings (SSSR count). The number of nitrogens with two attached hydrogens (primary N) is 1. The minimum absolute atomic E-state index is 0.476. The lowest BCUT2D eigenvalue weighted by Crippen LogP contribution is -2.37. The average Bonchev–Trinajstić information content (AvgIpc) is 2.36. The molecular weight excluding hydrogens is 150 g/mol. The fourth-order valence-corrected chi connectivity index (χ4v) is 1.45. The molecule has 0 aromatic rings. The molecule has 4 heteroatoms. The highest BCUT2D eigenvalue weighted by Gasteiger charge is 2.40. The minimum atomic E-state index is -2.66. The fraction of sp³-hybridized carbons (Fsp3) is 1.00. The van der Waals surface area contributed by atoms with Gasteiger partial charge in [-0.05, 0) is 20.0 Å². The number of likely N-dealkylation sites (tertiary alicyclic amines) is 1. The number of hydrogen-bond acceptors (Lipinski definition) is 2. The summed E-state index contributed by atoms with van der Waals surface area (Å²) in [6.07, 6.45) is 0.570. The predicted molar refractivity (Wildman–Crippen MR) is 39.6 cm³/mol. The van der Waals surface area contributed by atoms with Crippen molar-refractivity contribution in [3.8, 4) is 0 Å². The highest BCUT2D eigenvalue weighted by Crippen LogP contribution is 2.30. The van der Waals surface area contributed by atoms with Crippen molar-refractivity contribution in [2.24, 2.45) is 11.7 Å². The number of nitrogens with zero attached hydrogens (tertiary/aromatic N) is 1. The van der Waals surface area contributed by atoms with E-state index in [1.54, 1.807) is 0 Å². The van der Waals surface area contributed by atoms with E-state index in [1.165, 1.54) is 0 Å². The Hall–Kier alpha value is -0.220. The normalized spacial score (nSPS) is 27.8. The molecule has 1 unspecified atom stereocenters. The molecule has 2 nitrogen and oxygen atoms in total. The predicted octanol–water partition coefficient (Wildman–Crippen LogP) is 0.532. The van der Waals surface area contributed by atoms with Crippen LogP contribution in [0.5, 0.6) is 0 Å². The van der Waals surface area contributed by atoms with Crippen molar-refractivity contribution in [1.29, 1.82) is 0 Å². The van der Waals surface area contributed by atoms with E-state index in [4.69, 9.17) is 5.73 Å². The zero-order valence-electron chi connectivity index (χ0n) is 6.69. The van der Waals surface area contributed by atoms with Gasteiger partial charge in [-0.3, -0.25) is 0 Å². The standard InChI is InChI=1S/C7H14F2N2/c1-11-3-2-6(4-11)7(8,9)5-10/h6H,2-5,10H2,1H3. The molecule has 2 N–H and O–H groups in total. The second-order valence-electron chi connectivity index (χ2n) is 3.21. The SMILES string of the molecule is CN1CCC(C(F)(F)CN)C1. The summed E-state index contributed by atoms with van der Waals surface area (Å²) in [5, 5.41) is 0. The van der Waals surface area contributed by atoms with Crippen LogP contribution in [0.2, 0.25) is 0 Å². The van der Waals surface area contributed by atoms with Crippen molar-refractivity contribution in [3.05, 3.63) is 0 Å². The largest absolute Gasteiger partial charge is 0.325 e. The van der Waals surface area contributed by atoms with Crippen molar-refractivity contribution in [2.45, 2.75) is 12.3 Å². The van der Waals surface area contributed by atoms with Crippen LogP contribution in [0, 0.1) is 5.92 Å². The maximum absolute atomic E-state index is 12.9. The van der Waals surface area contributed by atoms with E-state index < -0.39 is 18.4 Å². The lowest BCUT2D eigenvalue weighted by atomic mass is 10.0. The summed E-state index contributed by atoms with van der Waals surface area (Å²) in [6, 6.07) is 0. The lowest BCUT2D eigenvalue weighted by Gasteiger charge is -2.20. The molecule has 1 heterocycles. The summed E-state index contributed by atoms with van der Waals surface area (Å²) in [5.41, 5.74) is 4.96. The maximum atomic E-state index is 12.9. The highest BCUT2D eigenvalue weighted by molar-refractivity contribution is 4.85. The van der Waals surface area contributed by atoms with Crippen molar-refractivity contribution in [2.75, 3.05) is 26.7 Å². The van der Waals surface area contributed by atoms with Gasteiger partial charge in [0, 0.05) is 12.5 Å². The molecule has 1 atom stereocenters. The van der Waals surface area contributed by atoms with Crippen molar-refractivity contribution in [3.63, 3.8) is 0 Å². The van der Waals surface area contributed by atoms with Gasteiger partial charge >= 0.3 is 0 Å². The first kappa shape index (κ1) is 8.87. The molecule has 0 aliphatic carbocycles. The van der Waals surface area contributed by atoms with E-state index in [-0.39, 0.29) is 0 Å². The Bertz CT molecular complexity index is 138. The Morgan fingerprint density at radius 1 is 1.64 bits per heavy atom. The van der Waals surface area contributed by atoms with Gasteiger partial charge < -0.3 is 10.6 Å². The third-order valence-electron chi connectivity index (χ3n) is 2.26. The summed E-state index contributed by atoms with van der Waals surface area (Å²) in [4.78, 5) is 1.91. The van der Waals surface area contributed by atoms with Gasteiger partial charge in [0.15, 0.2) is 0 Å². The van der Waals surface area contributed by atoms with Crippen molar-refractivity contribution >= 4 is 0 Å². The Morgan fingerprint density at radius 2 is 2.27 bits per heavy atom. The van der Waals surface area contributed by atoms with Crippen LogP contribution in [0.4, 0.5) is 8.78 Å². The van der Waals surface area contributed by atoms with Gasteiger partial charge in [-0.25, -0.2) is 8.78 Å². The van der Waals surface area contributed by atoms with Crippen LogP contribution in [-0.4, -0.2) is 37.5 Å². The van der Waals surface area contributed by atoms with Gasteiger partial charge in [0.25, 0.3) is 5.92 Å². The summed E-state index contributed by atoms with van der Waals surface area (Å²) >= 11 is 0. The molecule has 1 fully saturated rings. The minimum Gasteiger partial charge on any atom is -0.325 e. The summed E-state index contributed by atoms with van der Waals surface area (Å²) in [6.45, 7) is 0.718. The fourth-order valence-electron chi connectivity index (χ4n) is 1.45. The summed E-state index contributed by atoms with van der Waals surface area (Å²) in [5.74, 6) is -3.19. The smallest absolute Gasteiger partial charge is 0.264 e. The number of hydrogen-bond donors (Lipinski definition) is 1. The van der Waals surface area contributed by atoms with Gasteiger partial charge in [0.05, 0.1) is 6.54 Å². The lowest BCUT2D eigenvalue weighted by molar-refractivity contribution is -0.0439. The van der Waals surface area contributed by atoms with Crippen molar-refractivity contribution in [1.82, 2.24) is 4.90 Å². The third-order valence-corrected chi connectivity index (χ3v) is 2.26. The molecule has 66 valence electrons. The molecule has 0 aromatic heterocycles. The highest BCUT2D eigenvalue weighted by atomic mass is 19.3. The molecule has 0 spiro atoms. The van der Waals surface area contributed by atoms with Crippen LogP contribution in [-0.2, 0) is 0 Å². The van der Waals surface area contributed by atoms with E-state index in [1.807, 2.05) is 11.9 Å². The first-order valence-electron chi connectivity index (χ1n) is 3.82. The molecule has 1 aliphatic rings. The monoisotopic (exact) mass is 164 g/mol. The number of halogens is 2. The summed E-state index contributed by atoms with van der Waals surface area (Å²) in [7, 11) is 1.85. The van der Waals surface area contributed by atoms with E-state index in [9.17, 15) is 8.78 Å². The van der Waals surface area contributed by atoms with Gasteiger partial charge in [-0.15, -0.1) is 0 Å². The summed E-state index contributed by atoms with van der Waals surface area (Å²) < 4.78 is 25.8. The average molecular weight is 164 g/mol. The second kappa shape index (κ2) is 3.03. The quantitative estimate of drug-likeness (QED) is 0.645. The molecule has 0 radical (unpaired) electrons. The Labute approximate surface area is 65.4 Å². The van der Waals surface area contributed by atoms with Crippen LogP contribution >= 0.6 is 0 Å².